The van der Waals surface area contributed by atoms with Gasteiger partial charge in [0.15, 0.2) is 0 Å². The van der Waals surface area contributed by atoms with E-state index in [0.29, 0.717) is 0 Å². The molecule has 1 amide bonds. The molecule has 0 heterocycles. The molecule has 0 saturated carbocycles. The van der Waals surface area contributed by atoms with Crippen molar-refractivity contribution in [2.45, 2.75) is 39.2 Å². The summed E-state index contributed by atoms with van der Waals surface area (Å²) in [6.07, 6.45) is 1.71. The number of nitro groups is 1. The van der Waals surface area contributed by atoms with E-state index >= 15 is 0 Å². The van der Waals surface area contributed by atoms with Gasteiger partial charge in [0.25, 0.3) is 11.6 Å². The minimum Gasteiger partial charge on any atom is -0.347 e. The van der Waals surface area contributed by atoms with Gasteiger partial charge in [0.1, 0.15) is 5.02 Å². The summed E-state index contributed by atoms with van der Waals surface area (Å²) in [5.74, 6) is -0.412. The first-order chi connectivity index (χ1) is 9.18. The molecular formula is C13H16Cl2N2O3. The zero-order valence-electron chi connectivity index (χ0n) is 11.5. The van der Waals surface area contributed by atoms with Gasteiger partial charge in [-0.3, -0.25) is 14.9 Å². The summed E-state index contributed by atoms with van der Waals surface area (Å²) in [6.45, 7) is 5.79. The Labute approximate surface area is 127 Å². The Morgan fingerprint density at radius 3 is 2.50 bits per heavy atom. The van der Waals surface area contributed by atoms with E-state index in [9.17, 15) is 14.9 Å². The number of carbonyl (C=O) groups excluding carboxylic acids is 1. The molecule has 0 atom stereocenters. The molecule has 0 fully saturated rings. The van der Waals surface area contributed by atoms with Crippen LogP contribution in [0.25, 0.3) is 0 Å². The van der Waals surface area contributed by atoms with Crippen LogP contribution in [0, 0.1) is 10.1 Å². The predicted molar refractivity (Wildman–Crippen MR) is 79.6 cm³/mol. The van der Waals surface area contributed by atoms with Gasteiger partial charge in [-0.25, -0.2) is 0 Å². The molecule has 1 N–H and O–H groups in total. The second kappa shape index (κ2) is 6.41. The van der Waals surface area contributed by atoms with E-state index < -0.39 is 16.4 Å². The average Bonchev–Trinajstić information content (AvgIpc) is 2.31. The van der Waals surface area contributed by atoms with Gasteiger partial charge in [0, 0.05) is 17.2 Å². The van der Waals surface area contributed by atoms with Crippen LogP contribution in [0.2, 0.25) is 10.0 Å². The van der Waals surface area contributed by atoms with Gasteiger partial charge in [-0.2, -0.15) is 0 Å². The Balaban J connectivity index is 3.09. The number of rotatable bonds is 5. The first-order valence-corrected chi connectivity index (χ1v) is 6.89. The van der Waals surface area contributed by atoms with Gasteiger partial charge in [0.05, 0.1) is 9.95 Å². The molecule has 0 spiro atoms. The van der Waals surface area contributed by atoms with Crippen LogP contribution in [0.5, 0.6) is 0 Å². The zero-order valence-corrected chi connectivity index (χ0v) is 13.0. The Bertz CT molecular complexity index is 545. The number of nitrogens with one attached hydrogen (secondary N) is 1. The topological polar surface area (TPSA) is 72.2 Å². The van der Waals surface area contributed by atoms with Crippen molar-refractivity contribution in [3.8, 4) is 0 Å². The summed E-state index contributed by atoms with van der Waals surface area (Å²) >= 11 is 11.6. The largest absolute Gasteiger partial charge is 0.347 e. The maximum atomic E-state index is 12.1. The minimum atomic E-state index is -0.665. The van der Waals surface area contributed by atoms with Gasteiger partial charge in [0.2, 0.25) is 0 Å². The summed E-state index contributed by atoms with van der Waals surface area (Å²) in [5.41, 5.74) is -0.653. The Morgan fingerprint density at radius 1 is 1.40 bits per heavy atom. The van der Waals surface area contributed by atoms with E-state index in [1.807, 2.05) is 20.8 Å². The lowest BCUT2D eigenvalue weighted by Gasteiger charge is -2.25. The van der Waals surface area contributed by atoms with Gasteiger partial charge in [-0.15, -0.1) is 0 Å². The van der Waals surface area contributed by atoms with E-state index in [2.05, 4.69) is 5.32 Å². The molecule has 0 aliphatic heterocycles. The molecule has 0 aromatic heterocycles. The van der Waals surface area contributed by atoms with Crippen molar-refractivity contribution >= 4 is 34.8 Å². The minimum absolute atomic E-state index is 0.0145. The normalized spacial score (nSPS) is 11.2. The third-order valence-electron chi connectivity index (χ3n) is 2.79. The van der Waals surface area contributed by atoms with Crippen LogP contribution in [0.4, 0.5) is 5.69 Å². The molecular weight excluding hydrogens is 303 g/mol. The highest BCUT2D eigenvalue weighted by atomic mass is 35.5. The number of nitro benzene ring substituents is 1. The fourth-order valence-corrected chi connectivity index (χ4v) is 2.30. The van der Waals surface area contributed by atoms with Crippen LogP contribution in [-0.4, -0.2) is 16.4 Å². The highest BCUT2D eigenvalue weighted by Crippen LogP contribution is 2.33. The number of nitrogens with zero attached hydrogens (tertiary/aromatic N) is 1. The fourth-order valence-electron chi connectivity index (χ4n) is 1.91. The van der Waals surface area contributed by atoms with E-state index in [1.54, 1.807) is 0 Å². The quantitative estimate of drug-likeness (QED) is 0.652. The van der Waals surface area contributed by atoms with Crippen LogP contribution in [0.1, 0.15) is 44.0 Å². The van der Waals surface area contributed by atoms with Crippen molar-refractivity contribution in [2.75, 3.05) is 0 Å². The van der Waals surface area contributed by atoms with Crippen LogP contribution < -0.4 is 5.32 Å². The fraction of sp³-hybridized carbons (Fsp3) is 0.462. The second-order valence-corrected chi connectivity index (χ2v) is 5.92. The third-order valence-corrected chi connectivity index (χ3v) is 3.59. The Hall–Kier alpha value is -1.33. The van der Waals surface area contributed by atoms with Crippen molar-refractivity contribution in [3.05, 3.63) is 37.9 Å². The van der Waals surface area contributed by atoms with Crippen LogP contribution in [-0.2, 0) is 0 Å². The lowest BCUT2D eigenvalue weighted by atomic mass is 9.98. The van der Waals surface area contributed by atoms with E-state index in [1.165, 1.54) is 6.07 Å². The first kappa shape index (κ1) is 16.7. The molecule has 1 aromatic rings. The summed E-state index contributed by atoms with van der Waals surface area (Å²) in [6, 6.07) is 2.46. The van der Waals surface area contributed by atoms with Gasteiger partial charge in [-0.05, 0) is 26.3 Å². The van der Waals surface area contributed by atoms with Crippen molar-refractivity contribution in [2.24, 2.45) is 0 Å². The molecule has 0 unspecified atom stereocenters. The zero-order chi connectivity index (χ0) is 15.5. The molecule has 20 heavy (non-hydrogen) atoms. The van der Waals surface area contributed by atoms with E-state index in [0.717, 1.165) is 18.9 Å². The van der Waals surface area contributed by atoms with Crippen molar-refractivity contribution < 1.29 is 9.72 Å². The number of amides is 1. The molecule has 0 bridgehead atoms. The summed E-state index contributed by atoms with van der Waals surface area (Å²) in [4.78, 5) is 22.3. The van der Waals surface area contributed by atoms with E-state index in [4.69, 9.17) is 23.2 Å². The Kier molecular flexibility index (Phi) is 5.36. The van der Waals surface area contributed by atoms with E-state index in [-0.39, 0.29) is 21.3 Å². The maximum absolute atomic E-state index is 12.1. The number of halogens is 2. The Morgan fingerprint density at radius 2 is 2.00 bits per heavy atom. The molecule has 1 rings (SSSR count). The molecule has 1 aromatic carbocycles. The number of hydrogen-bond acceptors (Lipinski definition) is 3. The molecule has 0 aliphatic carbocycles. The van der Waals surface area contributed by atoms with Crippen molar-refractivity contribution in [1.82, 2.24) is 5.32 Å². The smallest absolute Gasteiger partial charge is 0.290 e. The lowest BCUT2D eigenvalue weighted by Crippen LogP contribution is -2.43. The van der Waals surface area contributed by atoms with Gasteiger partial charge >= 0.3 is 0 Å². The maximum Gasteiger partial charge on any atom is 0.290 e. The highest BCUT2D eigenvalue weighted by molar-refractivity contribution is 6.43. The SMILES string of the molecule is CCCC(C)(C)NC(=O)c1cc(Cl)c(Cl)c([N+](=O)[O-])c1. The molecule has 7 heteroatoms. The van der Waals surface area contributed by atoms with Gasteiger partial charge in [-0.1, -0.05) is 36.5 Å². The van der Waals surface area contributed by atoms with Gasteiger partial charge < -0.3 is 5.32 Å². The number of carbonyl (C=O) groups is 1. The van der Waals surface area contributed by atoms with Crippen LogP contribution >= 0.6 is 23.2 Å². The predicted octanol–water partition coefficient (Wildman–Crippen LogP) is 4.21. The molecule has 0 saturated heterocycles. The van der Waals surface area contributed by atoms with Crippen molar-refractivity contribution in [3.63, 3.8) is 0 Å². The summed E-state index contributed by atoms with van der Waals surface area (Å²) < 4.78 is 0. The summed E-state index contributed by atoms with van der Waals surface area (Å²) in [5, 5.41) is 13.5. The summed E-state index contributed by atoms with van der Waals surface area (Å²) in [7, 11) is 0. The van der Waals surface area contributed by atoms with Crippen molar-refractivity contribution in [1.29, 1.82) is 0 Å². The lowest BCUT2D eigenvalue weighted by molar-refractivity contribution is -0.384. The standard InChI is InChI=1S/C13H16Cl2N2O3/c1-4-5-13(2,3)16-12(18)8-6-9(14)11(15)10(7-8)17(19)20/h6-7H,4-5H2,1-3H3,(H,16,18). The highest BCUT2D eigenvalue weighted by Gasteiger charge is 2.24. The number of benzene rings is 1. The average molecular weight is 319 g/mol. The third kappa shape index (κ3) is 4.08. The molecule has 5 nitrogen and oxygen atoms in total. The number of hydrogen-bond donors (Lipinski definition) is 1. The van der Waals surface area contributed by atoms with Crippen LogP contribution in [0.3, 0.4) is 0 Å². The second-order valence-electron chi connectivity index (χ2n) is 5.14. The molecule has 0 radical (unpaired) electrons. The monoisotopic (exact) mass is 318 g/mol. The molecule has 110 valence electrons. The van der Waals surface area contributed by atoms with Crippen LogP contribution in [0.15, 0.2) is 12.1 Å². The first-order valence-electron chi connectivity index (χ1n) is 6.14. The molecule has 0 aliphatic rings.